The number of aromatic nitrogens is 1. The smallest absolute Gasteiger partial charge is 0.152 e. The zero-order chi connectivity index (χ0) is 14.4. The molecule has 4 nitrogen and oxygen atoms in total. The number of thiazole rings is 1. The fourth-order valence-electron chi connectivity index (χ4n) is 2.78. The lowest BCUT2D eigenvalue weighted by atomic mass is 10.0. The number of para-hydroxylation sites is 1. The molecule has 1 aliphatic rings. The van der Waals surface area contributed by atoms with Gasteiger partial charge in [0.1, 0.15) is 5.01 Å². The van der Waals surface area contributed by atoms with Crippen molar-refractivity contribution in [2.75, 3.05) is 11.5 Å². The van der Waals surface area contributed by atoms with E-state index in [1.807, 2.05) is 32.0 Å². The van der Waals surface area contributed by atoms with Gasteiger partial charge in [-0.05, 0) is 32.4 Å². The summed E-state index contributed by atoms with van der Waals surface area (Å²) in [6.07, 6.45) is 0.671. The van der Waals surface area contributed by atoms with Gasteiger partial charge < -0.3 is 5.32 Å². The lowest BCUT2D eigenvalue weighted by Crippen LogP contribution is -2.44. The first-order valence-electron chi connectivity index (χ1n) is 6.71. The number of nitrogens with zero attached hydrogens (tertiary/aromatic N) is 1. The zero-order valence-corrected chi connectivity index (χ0v) is 13.2. The van der Waals surface area contributed by atoms with E-state index in [1.165, 1.54) is 4.70 Å². The van der Waals surface area contributed by atoms with Crippen LogP contribution in [0, 0.1) is 0 Å². The van der Waals surface area contributed by atoms with E-state index in [2.05, 4.69) is 16.4 Å². The second-order valence-electron chi connectivity index (χ2n) is 5.79. The van der Waals surface area contributed by atoms with E-state index in [9.17, 15) is 8.42 Å². The Morgan fingerprint density at radius 1 is 1.40 bits per heavy atom. The Labute approximate surface area is 123 Å². The molecule has 1 fully saturated rings. The van der Waals surface area contributed by atoms with Crippen molar-refractivity contribution in [3.8, 4) is 0 Å². The van der Waals surface area contributed by atoms with Gasteiger partial charge in [-0.1, -0.05) is 12.1 Å². The highest BCUT2D eigenvalue weighted by molar-refractivity contribution is 7.91. The summed E-state index contributed by atoms with van der Waals surface area (Å²) in [4.78, 5) is 4.63. The first kappa shape index (κ1) is 14.0. The van der Waals surface area contributed by atoms with Crippen LogP contribution in [-0.2, 0) is 9.84 Å². The minimum atomic E-state index is -2.89. The molecule has 2 aromatic rings. The molecule has 0 aliphatic carbocycles. The third-order valence-electron chi connectivity index (χ3n) is 3.75. The average molecular weight is 310 g/mol. The van der Waals surface area contributed by atoms with Gasteiger partial charge in [-0.15, -0.1) is 11.3 Å². The van der Waals surface area contributed by atoms with E-state index in [0.717, 1.165) is 10.5 Å². The number of nitrogens with one attached hydrogen (secondary N) is 1. The van der Waals surface area contributed by atoms with Gasteiger partial charge in [-0.25, -0.2) is 13.4 Å². The van der Waals surface area contributed by atoms with E-state index in [1.54, 1.807) is 11.3 Å². The van der Waals surface area contributed by atoms with E-state index in [4.69, 9.17) is 0 Å². The number of rotatable bonds is 3. The molecular weight excluding hydrogens is 292 g/mol. The number of benzene rings is 1. The molecule has 1 aromatic heterocycles. The second kappa shape index (κ2) is 4.79. The first-order chi connectivity index (χ1) is 9.37. The maximum atomic E-state index is 11.7. The van der Waals surface area contributed by atoms with Crippen molar-refractivity contribution < 1.29 is 8.42 Å². The van der Waals surface area contributed by atoms with Crippen LogP contribution in [0.1, 0.15) is 31.3 Å². The minimum Gasteiger partial charge on any atom is -0.302 e. The van der Waals surface area contributed by atoms with Crippen molar-refractivity contribution in [1.82, 2.24) is 10.3 Å². The summed E-state index contributed by atoms with van der Waals surface area (Å²) in [6.45, 7) is 4.04. The van der Waals surface area contributed by atoms with Crippen LogP contribution >= 0.6 is 11.3 Å². The summed E-state index contributed by atoms with van der Waals surface area (Å²) >= 11 is 1.66. The Morgan fingerprint density at radius 2 is 2.15 bits per heavy atom. The van der Waals surface area contributed by atoms with Gasteiger partial charge in [0.25, 0.3) is 0 Å². The lowest BCUT2D eigenvalue weighted by molar-refractivity contribution is 0.355. The van der Waals surface area contributed by atoms with Crippen LogP contribution in [0.2, 0.25) is 0 Å². The Bertz CT molecular complexity index is 705. The van der Waals surface area contributed by atoms with E-state index >= 15 is 0 Å². The molecule has 0 amide bonds. The van der Waals surface area contributed by atoms with Crippen LogP contribution in [-0.4, -0.2) is 30.4 Å². The van der Waals surface area contributed by atoms with Gasteiger partial charge >= 0.3 is 0 Å². The lowest BCUT2D eigenvalue weighted by Gasteiger charge is -2.27. The zero-order valence-electron chi connectivity index (χ0n) is 11.6. The predicted octanol–water partition coefficient (Wildman–Crippen LogP) is 2.52. The van der Waals surface area contributed by atoms with Gasteiger partial charge in [0, 0.05) is 5.54 Å². The van der Waals surface area contributed by atoms with Crippen LogP contribution in [0.25, 0.3) is 10.2 Å². The molecule has 0 saturated carbocycles. The maximum Gasteiger partial charge on any atom is 0.152 e. The summed E-state index contributed by atoms with van der Waals surface area (Å²) in [5.74, 6) is 0.498. The topological polar surface area (TPSA) is 59.1 Å². The number of fused-ring (bicyclic) bond motifs is 1. The highest BCUT2D eigenvalue weighted by Crippen LogP contribution is 2.30. The number of hydrogen-bond donors (Lipinski definition) is 1. The molecule has 2 heterocycles. The highest BCUT2D eigenvalue weighted by atomic mass is 32.2. The van der Waals surface area contributed by atoms with Crippen molar-refractivity contribution in [3.63, 3.8) is 0 Å². The SMILES string of the molecule is CC(NC1(C)CCS(=O)(=O)C1)c1nc2ccccc2s1. The Balaban J connectivity index is 1.81. The molecule has 2 unspecified atom stereocenters. The monoisotopic (exact) mass is 310 g/mol. The Hall–Kier alpha value is -0.980. The normalized spacial score (nSPS) is 26.9. The van der Waals surface area contributed by atoms with Gasteiger partial charge in [-0.3, -0.25) is 0 Å². The second-order valence-corrected chi connectivity index (χ2v) is 9.03. The molecule has 1 aromatic carbocycles. The van der Waals surface area contributed by atoms with Crippen LogP contribution < -0.4 is 5.32 Å². The summed E-state index contributed by atoms with van der Waals surface area (Å²) in [6, 6.07) is 8.11. The summed E-state index contributed by atoms with van der Waals surface area (Å²) in [7, 11) is -2.89. The molecule has 108 valence electrons. The average Bonchev–Trinajstić information content (AvgIpc) is 2.90. The van der Waals surface area contributed by atoms with Gasteiger partial charge in [-0.2, -0.15) is 0 Å². The van der Waals surface area contributed by atoms with Crippen LogP contribution in [0.4, 0.5) is 0 Å². The van der Waals surface area contributed by atoms with Gasteiger partial charge in [0.2, 0.25) is 0 Å². The number of hydrogen-bond acceptors (Lipinski definition) is 5. The predicted molar refractivity (Wildman–Crippen MR) is 82.8 cm³/mol. The van der Waals surface area contributed by atoms with E-state index in [-0.39, 0.29) is 23.1 Å². The van der Waals surface area contributed by atoms with Crippen LogP contribution in [0.3, 0.4) is 0 Å². The van der Waals surface area contributed by atoms with Crippen molar-refractivity contribution in [3.05, 3.63) is 29.3 Å². The van der Waals surface area contributed by atoms with Crippen molar-refractivity contribution in [1.29, 1.82) is 0 Å². The summed E-state index contributed by atoms with van der Waals surface area (Å²) < 4.78 is 24.5. The molecule has 20 heavy (non-hydrogen) atoms. The largest absolute Gasteiger partial charge is 0.302 e. The van der Waals surface area contributed by atoms with Gasteiger partial charge in [0.15, 0.2) is 9.84 Å². The molecule has 1 N–H and O–H groups in total. The maximum absolute atomic E-state index is 11.7. The van der Waals surface area contributed by atoms with E-state index < -0.39 is 9.84 Å². The molecule has 1 aliphatic heterocycles. The Kier molecular flexibility index (Phi) is 3.35. The van der Waals surface area contributed by atoms with Crippen LogP contribution in [0.5, 0.6) is 0 Å². The molecule has 0 spiro atoms. The third-order valence-corrected chi connectivity index (χ3v) is 6.87. The fourth-order valence-corrected chi connectivity index (χ4v) is 5.86. The molecule has 0 bridgehead atoms. The standard InChI is InChI=1S/C14H18N2O2S2/c1-10(16-14(2)7-8-20(17,18)9-14)13-15-11-5-3-4-6-12(11)19-13/h3-6,10,16H,7-9H2,1-2H3. The minimum absolute atomic E-state index is 0.0608. The third kappa shape index (κ3) is 2.73. The fraction of sp³-hybridized carbons (Fsp3) is 0.500. The molecule has 6 heteroatoms. The van der Waals surface area contributed by atoms with E-state index in [0.29, 0.717) is 6.42 Å². The van der Waals surface area contributed by atoms with Crippen molar-refractivity contribution in [2.45, 2.75) is 31.8 Å². The molecule has 1 saturated heterocycles. The van der Waals surface area contributed by atoms with Crippen LogP contribution in [0.15, 0.2) is 24.3 Å². The molecule has 3 rings (SSSR count). The molecule has 0 radical (unpaired) electrons. The van der Waals surface area contributed by atoms with Crippen molar-refractivity contribution >= 4 is 31.4 Å². The van der Waals surface area contributed by atoms with Gasteiger partial charge in [0.05, 0.1) is 27.8 Å². The van der Waals surface area contributed by atoms with Crippen molar-refractivity contribution in [2.24, 2.45) is 0 Å². The quantitative estimate of drug-likeness (QED) is 0.946. The molecule has 2 atom stereocenters. The first-order valence-corrected chi connectivity index (χ1v) is 9.34. The molecular formula is C14H18N2O2S2. The summed E-state index contributed by atoms with van der Waals surface area (Å²) in [5, 5.41) is 4.47. The summed E-state index contributed by atoms with van der Waals surface area (Å²) in [5.41, 5.74) is 0.668. The highest BCUT2D eigenvalue weighted by Gasteiger charge is 2.39. The number of sulfone groups is 1. The Morgan fingerprint density at radius 3 is 2.80 bits per heavy atom.